The number of esters is 2. The van der Waals surface area contributed by atoms with E-state index in [0.717, 1.165) is 0 Å². The third-order valence-corrected chi connectivity index (χ3v) is 3.31. The van der Waals surface area contributed by atoms with E-state index in [4.69, 9.17) is 4.74 Å². The highest BCUT2D eigenvalue weighted by Crippen LogP contribution is 2.40. The van der Waals surface area contributed by atoms with Gasteiger partial charge in [0.05, 0.1) is 14.2 Å². The molecule has 5 nitrogen and oxygen atoms in total. The Bertz CT molecular complexity index is 372. The molecule has 0 radical (unpaired) electrons. The van der Waals surface area contributed by atoms with Gasteiger partial charge in [-0.05, 0) is 25.7 Å². The van der Waals surface area contributed by atoms with Crippen molar-refractivity contribution in [1.82, 2.24) is 0 Å². The molecule has 0 aromatic rings. The molecule has 5 heteroatoms. The van der Waals surface area contributed by atoms with Crippen LogP contribution in [0.25, 0.3) is 0 Å². The minimum absolute atomic E-state index is 0.0548. The van der Waals surface area contributed by atoms with E-state index >= 15 is 0 Å². The Balaban J connectivity index is 2.64. The third-order valence-electron chi connectivity index (χ3n) is 3.31. The van der Waals surface area contributed by atoms with E-state index < -0.39 is 17.4 Å². The van der Waals surface area contributed by atoms with Crippen LogP contribution in [0.15, 0.2) is 12.2 Å². The second-order valence-electron chi connectivity index (χ2n) is 4.31. The highest BCUT2D eigenvalue weighted by molar-refractivity contribution is 6.05. The summed E-state index contributed by atoms with van der Waals surface area (Å²) in [6.45, 7) is 0. The summed E-state index contributed by atoms with van der Waals surface area (Å²) >= 11 is 0. The Morgan fingerprint density at radius 3 is 2.56 bits per heavy atom. The van der Waals surface area contributed by atoms with Crippen LogP contribution in [0.5, 0.6) is 0 Å². The maximum absolute atomic E-state index is 11.9. The first kappa shape index (κ1) is 14.4. The molecule has 1 fully saturated rings. The van der Waals surface area contributed by atoms with Gasteiger partial charge in [-0.1, -0.05) is 6.08 Å². The number of allylic oxidation sites excluding steroid dienone is 1. The van der Waals surface area contributed by atoms with Gasteiger partial charge >= 0.3 is 11.9 Å². The van der Waals surface area contributed by atoms with Crippen molar-refractivity contribution in [3.05, 3.63) is 12.2 Å². The lowest BCUT2D eigenvalue weighted by Gasteiger charge is -2.23. The van der Waals surface area contributed by atoms with Crippen LogP contribution in [-0.2, 0) is 23.9 Å². The summed E-state index contributed by atoms with van der Waals surface area (Å²) in [4.78, 5) is 34.5. The van der Waals surface area contributed by atoms with E-state index in [2.05, 4.69) is 4.74 Å². The van der Waals surface area contributed by atoms with Crippen molar-refractivity contribution >= 4 is 17.7 Å². The highest BCUT2D eigenvalue weighted by atomic mass is 16.5. The Morgan fingerprint density at radius 1 is 1.33 bits per heavy atom. The van der Waals surface area contributed by atoms with E-state index in [0.29, 0.717) is 32.1 Å². The third kappa shape index (κ3) is 2.97. The molecule has 0 aliphatic heterocycles. The molecule has 1 aliphatic rings. The second kappa shape index (κ2) is 6.33. The number of methoxy groups -OCH3 is 2. The Hall–Kier alpha value is -1.65. The zero-order chi connectivity index (χ0) is 13.6. The highest BCUT2D eigenvalue weighted by Gasteiger charge is 2.48. The fraction of sp³-hybridized carbons (Fsp3) is 0.615. The summed E-state index contributed by atoms with van der Waals surface area (Å²) < 4.78 is 9.18. The number of ketones is 1. The number of carbonyl (C=O) groups excluding carboxylic acids is 3. The monoisotopic (exact) mass is 254 g/mol. The predicted molar refractivity (Wildman–Crippen MR) is 63.7 cm³/mol. The van der Waals surface area contributed by atoms with Gasteiger partial charge in [0.15, 0.2) is 0 Å². The van der Waals surface area contributed by atoms with Crippen LogP contribution in [0, 0.1) is 5.41 Å². The van der Waals surface area contributed by atoms with Crippen molar-refractivity contribution in [2.24, 2.45) is 5.41 Å². The predicted octanol–water partition coefficient (Wildman–Crippen LogP) is 1.41. The SMILES string of the molecule is COC(=O)/C=C/CCC1(C(=O)OC)CCCC1=O. The maximum atomic E-state index is 11.9. The smallest absolute Gasteiger partial charge is 0.330 e. The molecular formula is C13H18O5. The van der Waals surface area contributed by atoms with E-state index in [1.165, 1.54) is 20.3 Å². The number of hydrogen-bond acceptors (Lipinski definition) is 5. The lowest BCUT2D eigenvalue weighted by atomic mass is 9.80. The second-order valence-corrected chi connectivity index (χ2v) is 4.31. The van der Waals surface area contributed by atoms with Gasteiger partial charge in [-0.2, -0.15) is 0 Å². The largest absolute Gasteiger partial charge is 0.468 e. The molecule has 18 heavy (non-hydrogen) atoms. The van der Waals surface area contributed by atoms with E-state index in [1.807, 2.05) is 0 Å². The van der Waals surface area contributed by atoms with E-state index in [-0.39, 0.29) is 5.78 Å². The molecule has 1 atom stereocenters. The van der Waals surface area contributed by atoms with Crippen LogP contribution in [0.3, 0.4) is 0 Å². The van der Waals surface area contributed by atoms with Gasteiger partial charge in [0.2, 0.25) is 0 Å². The molecular weight excluding hydrogens is 236 g/mol. The van der Waals surface area contributed by atoms with Crippen LogP contribution in [-0.4, -0.2) is 31.9 Å². The van der Waals surface area contributed by atoms with Crippen molar-refractivity contribution in [3.63, 3.8) is 0 Å². The zero-order valence-electron chi connectivity index (χ0n) is 10.7. The van der Waals surface area contributed by atoms with Crippen molar-refractivity contribution in [2.45, 2.75) is 32.1 Å². The van der Waals surface area contributed by atoms with Gasteiger partial charge in [0, 0.05) is 12.5 Å². The maximum Gasteiger partial charge on any atom is 0.330 e. The van der Waals surface area contributed by atoms with E-state index in [9.17, 15) is 14.4 Å². The minimum Gasteiger partial charge on any atom is -0.468 e. The van der Waals surface area contributed by atoms with Gasteiger partial charge < -0.3 is 9.47 Å². The first-order valence-corrected chi connectivity index (χ1v) is 5.93. The Labute approximate surface area is 106 Å². The van der Waals surface area contributed by atoms with Crippen LogP contribution >= 0.6 is 0 Å². The summed E-state index contributed by atoms with van der Waals surface area (Å²) in [5.41, 5.74) is -1.00. The van der Waals surface area contributed by atoms with Crippen molar-refractivity contribution in [3.8, 4) is 0 Å². The molecule has 1 aliphatic carbocycles. The van der Waals surface area contributed by atoms with Crippen LogP contribution in [0.2, 0.25) is 0 Å². The first-order valence-electron chi connectivity index (χ1n) is 5.93. The van der Waals surface area contributed by atoms with Crippen molar-refractivity contribution in [1.29, 1.82) is 0 Å². The number of hydrogen-bond donors (Lipinski definition) is 0. The summed E-state index contributed by atoms with van der Waals surface area (Å²) in [7, 11) is 2.59. The molecule has 0 amide bonds. The fourth-order valence-electron chi connectivity index (χ4n) is 2.28. The molecule has 1 saturated carbocycles. The lowest BCUT2D eigenvalue weighted by Crippen LogP contribution is -2.36. The number of Topliss-reactive ketones (excluding diaryl/α,β-unsaturated/α-hetero) is 1. The fourth-order valence-corrected chi connectivity index (χ4v) is 2.28. The number of ether oxygens (including phenoxy) is 2. The van der Waals surface area contributed by atoms with Gasteiger partial charge in [0.1, 0.15) is 11.2 Å². The number of rotatable bonds is 5. The van der Waals surface area contributed by atoms with E-state index in [1.54, 1.807) is 6.08 Å². The average molecular weight is 254 g/mol. The molecule has 0 saturated heterocycles. The summed E-state index contributed by atoms with van der Waals surface area (Å²) in [5.74, 6) is -0.961. The zero-order valence-corrected chi connectivity index (χ0v) is 10.7. The van der Waals surface area contributed by atoms with Crippen LogP contribution in [0.4, 0.5) is 0 Å². The number of carbonyl (C=O) groups is 3. The van der Waals surface area contributed by atoms with Crippen LogP contribution in [0.1, 0.15) is 32.1 Å². The minimum atomic E-state index is -1.00. The molecule has 0 heterocycles. The molecule has 100 valence electrons. The van der Waals surface area contributed by atoms with Gasteiger partial charge in [-0.15, -0.1) is 0 Å². The van der Waals surface area contributed by atoms with Crippen molar-refractivity contribution in [2.75, 3.05) is 14.2 Å². The van der Waals surface area contributed by atoms with Crippen LogP contribution < -0.4 is 0 Å². The molecule has 1 unspecified atom stereocenters. The quantitative estimate of drug-likeness (QED) is 0.421. The van der Waals surface area contributed by atoms with Crippen molar-refractivity contribution < 1.29 is 23.9 Å². The Kier molecular flexibility index (Phi) is 5.07. The van der Waals surface area contributed by atoms with Gasteiger partial charge in [0.25, 0.3) is 0 Å². The topological polar surface area (TPSA) is 69.7 Å². The van der Waals surface area contributed by atoms with Gasteiger partial charge in [-0.3, -0.25) is 9.59 Å². The molecule has 0 aromatic carbocycles. The molecule has 0 N–H and O–H groups in total. The molecule has 0 aromatic heterocycles. The first-order chi connectivity index (χ1) is 8.56. The summed E-state index contributed by atoms with van der Waals surface area (Å²) in [6, 6.07) is 0. The average Bonchev–Trinajstić information content (AvgIpc) is 2.75. The normalized spacial score (nSPS) is 23.3. The Morgan fingerprint density at radius 2 is 2.06 bits per heavy atom. The summed E-state index contributed by atoms with van der Waals surface area (Å²) in [5, 5.41) is 0. The molecule has 0 bridgehead atoms. The molecule has 0 spiro atoms. The molecule has 1 rings (SSSR count). The van der Waals surface area contributed by atoms with Gasteiger partial charge in [-0.25, -0.2) is 4.79 Å². The standard InChI is InChI=1S/C13H18O5/c1-17-11(15)7-3-4-8-13(12(16)18-2)9-5-6-10(13)14/h3,7H,4-6,8-9H2,1-2H3/b7-3+. The lowest BCUT2D eigenvalue weighted by molar-refractivity contribution is -0.157. The summed E-state index contributed by atoms with van der Waals surface area (Å²) in [6.07, 6.45) is 5.43.